The molecule has 0 amide bonds. The van der Waals surface area contributed by atoms with Crippen molar-refractivity contribution in [3.63, 3.8) is 0 Å². The minimum Gasteiger partial charge on any atom is -0.356 e. The van der Waals surface area contributed by atoms with Gasteiger partial charge in [-0.2, -0.15) is 0 Å². The van der Waals surface area contributed by atoms with Crippen LogP contribution in [0.1, 0.15) is 239 Å². The van der Waals surface area contributed by atoms with Crippen molar-refractivity contribution in [3.8, 4) is 0 Å². The Morgan fingerprint density at radius 3 is 0.795 bits per heavy atom. The van der Waals surface area contributed by atoms with Gasteiger partial charge in [-0.3, -0.25) is 0 Å². The monoisotopic (exact) mass is 617 g/mol. The van der Waals surface area contributed by atoms with E-state index in [1.165, 1.54) is 231 Å². The van der Waals surface area contributed by atoms with Gasteiger partial charge in [0.15, 0.2) is 0 Å². The maximum Gasteiger partial charge on any atom is 0.101 e. The molecule has 262 valence electrons. The Kier molecular flexibility index (Phi) is 31.7. The van der Waals surface area contributed by atoms with Crippen molar-refractivity contribution in [2.24, 2.45) is 0 Å². The minimum atomic E-state index is 0.639. The van der Waals surface area contributed by atoms with Crippen LogP contribution in [0.5, 0.6) is 0 Å². The second-order valence-electron chi connectivity index (χ2n) is 14.6. The molecule has 1 aliphatic heterocycles. The quantitative estimate of drug-likeness (QED) is 0.0646. The van der Waals surface area contributed by atoms with Gasteiger partial charge >= 0.3 is 0 Å². The Labute approximate surface area is 280 Å². The van der Waals surface area contributed by atoms with Gasteiger partial charge in [-0.25, -0.2) is 0 Å². The van der Waals surface area contributed by atoms with E-state index in [2.05, 4.69) is 43.0 Å². The zero-order valence-electron chi connectivity index (χ0n) is 31.1. The molecule has 0 aliphatic carbocycles. The summed E-state index contributed by atoms with van der Waals surface area (Å²) in [5, 5.41) is 0. The summed E-state index contributed by atoms with van der Waals surface area (Å²) in [5.41, 5.74) is 0. The van der Waals surface area contributed by atoms with Crippen LogP contribution in [0, 0.1) is 0 Å². The Morgan fingerprint density at radius 1 is 0.295 bits per heavy atom. The fraction of sp³-hybridized carbons (Fsp3) is 0.952. The number of rotatable bonds is 36. The molecule has 2 nitrogen and oxygen atoms in total. The summed E-state index contributed by atoms with van der Waals surface area (Å²) in [6.45, 7) is 9.48. The lowest BCUT2D eigenvalue weighted by molar-refractivity contribution is 0.135. The van der Waals surface area contributed by atoms with Gasteiger partial charge in [0.1, 0.15) is 6.17 Å². The molecule has 0 fully saturated rings. The van der Waals surface area contributed by atoms with E-state index in [9.17, 15) is 0 Å². The number of unbranched alkanes of at least 4 members (excludes halogenated alkanes) is 30. The Balaban J connectivity index is 2.15. The highest BCUT2D eigenvalue weighted by atomic mass is 15.4. The topological polar surface area (TPSA) is 6.48 Å². The molecule has 0 saturated carbocycles. The molecule has 0 radical (unpaired) electrons. The van der Waals surface area contributed by atoms with E-state index in [0.29, 0.717) is 6.17 Å². The van der Waals surface area contributed by atoms with Crippen LogP contribution in [-0.4, -0.2) is 29.1 Å². The summed E-state index contributed by atoms with van der Waals surface area (Å²) in [4.78, 5) is 5.43. The molecule has 0 bridgehead atoms. The van der Waals surface area contributed by atoms with E-state index in [4.69, 9.17) is 0 Å². The average molecular weight is 617 g/mol. The van der Waals surface area contributed by atoms with E-state index < -0.39 is 0 Å². The van der Waals surface area contributed by atoms with E-state index in [1.807, 2.05) is 0 Å². The van der Waals surface area contributed by atoms with E-state index in [-0.39, 0.29) is 0 Å². The molecule has 0 atom stereocenters. The standard InChI is InChI=1S/C42H84N2/c1-4-7-10-13-16-19-20-21-22-23-24-25-26-27-28-31-34-37-42-43(38-35-32-29-17-14-11-8-5-2)40-41-44(42)39-36-33-30-18-15-12-9-6-3/h40-42H,4-39H2,1-3H3. The average Bonchev–Trinajstić information content (AvgIpc) is 3.42. The first-order valence-corrected chi connectivity index (χ1v) is 21.0. The van der Waals surface area contributed by atoms with Gasteiger partial charge in [-0.1, -0.05) is 213 Å². The van der Waals surface area contributed by atoms with Gasteiger partial charge < -0.3 is 9.80 Å². The third-order valence-corrected chi connectivity index (χ3v) is 10.3. The molecule has 0 aromatic rings. The predicted molar refractivity (Wildman–Crippen MR) is 200 cm³/mol. The molecule has 0 aromatic heterocycles. The first kappa shape index (κ1) is 41.4. The summed E-state index contributed by atoms with van der Waals surface area (Å²) >= 11 is 0. The summed E-state index contributed by atoms with van der Waals surface area (Å²) in [6.07, 6.45) is 54.4. The zero-order valence-corrected chi connectivity index (χ0v) is 31.1. The molecular weight excluding hydrogens is 532 g/mol. The molecule has 0 unspecified atom stereocenters. The lowest BCUT2D eigenvalue weighted by Crippen LogP contribution is -2.39. The fourth-order valence-electron chi connectivity index (χ4n) is 7.25. The van der Waals surface area contributed by atoms with Crippen LogP contribution in [0.3, 0.4) is 0 Å². The van der Waals surface area contributed by atoms with Crippen LogP contribution >= 0.6 is 0 Å². The molecule has 0 aromatic carbocycles. The van der Waals surface area contributed by atoms with Crippen LogP contribution in [0.25, 0.3) is 0 Å². The Hall–Kier alpha value is -0.660. The Bertz CT molecular complexity index is 542. The maximum atomic E-state index is 2.72. The number of hydrogen-bond acceptors (Lipinski definition) is 2. The third-order valence-electron chi connectivity index (χ3n) is 10.3. The Morgan fingerprint density at radius 2 is 0.523 bits per heavy atom. The van der Waals surface area contributed by atoms with E-state index >= 15 is 0 Å². The van der Waals surface area contributed by atoms with Crippen LogP contribution in [-0.2, 0) is 0 Å². The van der Waals surface area contributed by atoms with Crippen molar-refractivity contribution in [1.82, 2.24) is 9.80 Å². The SMILES string of the molecule is CCCCCCCCCCCCCCCCCCCC1N(CCCCCCCCCC)C=CN1CCCCCCCCCC. The van der Waals surface area contributed by atoms with Crippen molar-refractivity contribution < 1.29 is 0 Å². The molecule has 0 spiro atoms. The molecular formula is C42H84N2. The summed E-state index contributed by atoms with van der Waals surface area (Å²) in [5.74, 6) is 0. The fourth-order valence-corrected chi connectivity index (χ4v) is 7.25. The van der Waals surface area contributed by atoms with Crippen LogP contribution in [0.4, 0.5) is 0 Å². The van der Waals surface area contributed by atoms with Gasteiger partial charge in [0.05, 0.1) is 0 Å². The third kappa shape index (κ3) is 25.5. The normalized spacial score (nSPS) is 13.6. The van der Waals surface area contributed by atoms with Crippen molar-refractivity contribution in [3.05, 3.63) is 12.4 Å². The zero-order chi connectivity index (χ0) is 31.6. The smallest absolute Gasteiger partial charge is 0.101 e. The lowest BCUT2D eigenvalue weighted by Gasteiger charge is -2.33. The summed E-state index contributed by atoms with van der Waals surface area (Å²) < 4.78 is 0. The molecule has 1 rings (SSSR count). The van der Waals surface area contributed by atoms with Crippen molar-refractivity contribution in [2.75, 3.05) is 13.1 Å². The van der Waals surface area contributed by atoms with Crippen LogP contribution in [0.15, 0.2) is 12.4 Å². The molecule has 0 saturated heterocycles. The molecule has 1 aliphatic rings. The minimum absolute atomic E-state index is 0.639. The van der Waals surface area contributed by atoms with E-state index in [0.717, 1.165) is 0 Å². The summed E-state index contributed by atoms with van der Waals surface area (Å²) in [7, 11) is 0. The molecule has 1 heterocycles. The van der Waals surface area contributed by atoms with E-state index in [1.54, 1.807) is 0 Å². The number of nitrogens with zero attached hydrogens (tertiary/aromatic N) is 2. The van der Waals surface area contributed by atoms with Crippen molar-refractivity contribution in [1.29, 1.82) is 0 Å². The molecule has 2 heteroatoms. The second-order valence-corrected chi connectivity index (χ2v) is 14.6. The number of hydrogen-bond donors (Lipinski definition) is 0. The highest BCUT2D eigenvalue weighted by Gasteiger charge is 2.24. The van der Waals surface area contributed by atoms with Crippen molar-refractivity contribution in [2.45, 2.75) is 245 Å². The first-order valence-electron chi connectivity index (χ1n) is 21.0. The van der Waals surface area contributed by atoms with Crippen LogP contribution < -0.4 is 0 Å². The lowest BCUT2D eigenvalue weighted by atomic mass is 10.0. The highest BCUT2D eigenvalue weighted by Crippen LogP contribution is 2.24. The molecule has 44 heavy (non-hydrogen) atoms. The van der Waals surface area contributed by atoms with Crippen molar-refractivity contribution >= 4 is 0 Å². The van der Waals surface area contributed by atoms with Crippen LogP contribution in [0.2, 0.25) is 0 Å². The maximum absolute atomic E-state index is 2.72. The first-order chi connectivity index (χ1) is 21.8. The largest absolute Gasteiger partial charge is 0.356 e. The second kappa shape index (κ2) is 33.7. The summed E-state index contributed by atoms with van der Waals surface area (Å²) in [6, 6.07) is 0. The van der Waals surface area contributed by atoms with Gasteiger partial charge in [0, 0.05) is 25.5 Å². The molecule has 0 N–H and O–H groups in total. The van der Waals surface area contributed by atoms with Gasteiger partial charge in [-0.15, -0.1) is 0 Å². The van der Waals surface area contributed by atoms with Gasteiger partial charge in [0.2, 0.25) is 0 Å². The van der Waals surface area contributed by atoms with Gasteiger partial charge in [-0.05, 0) is 25.7 Å². The highest BCUT2D eigenvalue weighted by molar-refractivity contribution is 4.97. The predicted octanol–water partition coefficient (Wildman–Crippen LogP) is 14.7. The van der Waals surface area contributed by atoms with Gasteiger partial charge in [0.25, 0.3) is 0 Å².